The maximum absolute atomic E-state index is 14.0. The van der Waals surface area contributed by atoms with Crippen molar-refractivity contribution in [3.05, 3.63) is 18.1 Å². The van der Waals surface area contributed by atoms with Gasteiger partial charge in [0.05, 0.1) is 30.7 Å². The maximum Gasteiger partial charge on any atom is 0.407 e. The summed E-state index contributed by atoms with van der Waals surface area (Å²) < 4.78 is 19.2. The van der Waals surface area contributed by atoms with Crippen LogP contribution in [0.5, 0.6) is 0 Å². The van der Waals surface area contributed by atoms with E-state index in [-0.39, 0.29) is 19.0 Å². The summed E-state index contributed by atoms with van der Waals surface area (Å²) in [7, 11) is 0. The molecule has 1 aliphatic rings. The predicted molar refractivity (Wildman–Crippen MR) is 81.7 cm³/mol. The fourth-order valence-corrected chi connectivity index (χ4v) is 2.35. The molecule has 22 heavy (non-hydrogen) atoms. The van der Waals surface area contributed by atoms with Gasteiger partial charge in [0.15, 0.2) is 0 Å². The van der Waals surface area contributed by atoms with E-state index in [1.165, 1.54) is 0 Å². The second-order valence-corrected chi connectivity index (χ2v) is 6.60. The summed E-state index contributed by atoms with van der Waals surface area (Å²) in [5, 5.41) is 2.73. The van der Waals surface area contributed by atoms with Crippen LogP contribution in [0.1, 0.15) is 32.9 Å². The molecule has 0 saturated carbocycles. The normalized spacial score (nSPS) is 22.3. The van der Waals surface area contributed by atoms with E-state index >= 15 is 0 Å². The second-order valence-electron chi connectivity index (χ2n) is 6.60. The minimum Gasteiger partial charge on any atom is -0.444 e. The zero-order chi connectivity index (χ0) is 16.3. The number of nitrogens with zero attached hydrogens (tertiary/aromatic N) is 3. The van der Waals surface area contributed by atoms with Crippen molar-refractivity contribution in [2.45, 2.75) is 51.9 Å². The Kier molecular flexibility index (Phi) is 4.83. The van der Waals surface area contributed by atoms with Crippen molar-refractivity contribution in [1.82, 2.24) is 15.3 Å². The Bertz CT molecular complexity index is 515. The van der Waals surface area contributed by atoms with Crippen LogP contribution in [-0.4, -0.2) is 47.0 Å². The first-order valence-corrected chi connectivity index (χ1v) is 7.40. The lowest BCUT2D eigenvalue weighted by molar-refractivity contribution is 0.0490. The molecule has 2 rings (SSSR count). The van der Waals surface area contributed by atoms with Crippen molar-refractivity contribution < 1.29 is 13.9 Å². The molecule has 122 valence electrons. The second kappa shape index (κ2) is 6.46. The Hall–Kier alpha value is -1.92. The number of hydrogen-bond donors (Lipinski definition) is 1. The van der Waals surface area contributed by atoms with Gasteiger partial charge in [-0.15, -0.1) is 0 Å². The number of carbonyl (C=O) groups excluding carboxylic acids is 1. The van der Waals surface area contributed by atoms with E-state index < -0.39 is 17.9 Å². The van der Waals surface area contributed by atoms with Crippen LogP contribution in [0.15, 0.2) is 12.4 Å². The van der Waals surface area contributed by atoms with Crippen LogP contribution in [0.25, 0.3) is 0 Å². The molecule has 7 heteroatoms. The molecule has 6 nitrogen and oxygen atoms in total. The van der Waals surface area contributed by atoms with Crippen LogP contribution in [0.3, 0.4) is 0 Å². The first kappa shape index (κ1) is 16.5. The van der Waals surface area contributed by atoms with E-state index in [0.29, 0.717) is 12.4 Å². The summed E-state index contributed by atoms with van der Waals surface area (Å²) >= 11 is 0. The number of halogens is 1. The summed E-state index contributed by atoms with van der Waals surface area (Å²) in [6, 6.07) is -0.318. The lowest BCUT2D eigenvalue weighted by Gasteiger charge is -2.35. The fourth-order valence-electron chi connectivity index (χ4n) is 2.35. The number of ether oxygens (including phenoxy) is 1. The van der Waals surface area contributed by atoms with Crippen molar-refractivity contribution in [2.24, 2.45) is 0 Å². The summed E-state index contributed by atoms with van der Waals surface area (Å²) in [4.78, 5) is 22.1. The molecular formula is C15H23FN4O2. The van der Waals surface area contributed by atoms with Gasteiger partial charge in [-0.05, 0) is 27.7 Å². The SMILES string of the molecule is Cc1cnc(N2C[C@@H](F)C[C@H](NC(=O)OC(C)(C)C)C2)cn1. The Balaban J connectivity index is 1.99. The average molecular weight is 310 g/mol. The molecule has 2 atom stereocenters. The topological polar surface area (TPSA) is 67.4 Å². The van der Waals surface area contributed by atoms with Crippen LogP contribution in [0, 0.1) is 6.92 Å². The Labute approximate surface area is 130 Å². The Morgan fingerprint density at radius 1 is 1.36 bits per heavy atom. The molecule has 0 radical (unpaired) electrons. The number of hydrogen-bond acceptors (Lipinski definition) is 5. The minimum atomic E-state index is -1.03. The molecule has 1 aromatic rings. The van der Waals surface area contributed by atoms with Gasteiger partial charge in [0.25, 0.3) is 0 Å². The maximum atomic E-state index is 14.0. The highest BCUT2D eigenvalue weighted by atomic mass is 19.1. The van der Waals surface area contributed by atoms with Crippen LogP contribution in [0.4, 0.5) is 15.0 Å². The molecule has 1 saturated heterocycles. The monoisotopic (exact) mass is 310 g/mol. The first-order valence-electron chi connectivity index (χ1n) is 7.40. The number of alkyl carbamates (subject to hydrolysis) is 1. The highest BCUT2D eigenvalue weighted by Gasteiger charge is 2.30. The number of nitrogens with one attached hydrogen (secondary N) is 1. The molecule has 2 heterocycles. The van der Waals surface area contributed by atoms with E-state index in [9.17, 15) is 9.18 Å². The third-order valence-corrected chi connectivity index (χ3v) is 3.21. The van der Waals surface area contributed by atoms with Crippen LogP contribution in [0.2, 0.25) is 0 Å². The number of aryl methyl sites for hydroxylation is 1. The smallest absolute Gasteiger partial charge is 0.407 e. The highest BCUT2D eigenvalue weighted by molar-refractivity contribution is 5.68. The van der Waals surface area contributed by atoms with Crippen molar-refractivity contribution in [3.8, 4) is 0 Å². The Morgan fingerprint density at radius 3 is 2.68 bits per heavy atom. The average Bonchev–Trinajstić information content (AvgIpc) is 2.36. The molecule has 0 aliphatic carbocycles. The number of carbonyl (C=O) groups is 1. The molecule has 0 unspecified atom stereocenters. The third kappa shape index (κ3) is 4.82. The quantitative estimate of drug-likeness (QED) is 0.907. The predicted octanol–water partition coefficient (Wildman–Crippen LogP) is 2.23. The van der Waals surface area contributed by atoms with Gasteiger partial charge in [0, 0.05) is 13.0 Å². The summed E-state index contributed by atoms with van der Waals surface area (Å²) in [5.41, 5.74) is 0.233. The van der Waals surface area contributed by atoms with Gasteiger partial charge in [-0.2, -0.15) is 0 Å². The van der Waals surface area contributed by atoms with Crippen LogP contribution < -0.4 is 10.2 Å². The molecule has 1 aromatic heterocycles. The van der Waals surface area contributed by atoms with Gasteiger partial charge in [0.2, 0.25) is 0 Å². The van der Waals surface area contributed by atoms with Gasteiger partial charge in [-0.3, -0.25) is 4.98 Å². The molecular weight excluding hydrogens is 287 g/mol. The van der Waals surface area contributed by atoms with Gasteiger partial charge >= 0.3 is 6.09 Å². The zero-order valence-electron chi connectivity index (χ0n) is 13.5. The van der Waals surface area contributed by atoms with Gasteiger partial charge in [-0.1, -0.05) is 0 Å². The Morgan fingerprint density at radius 2 is 2.09 bits per heavy atom. The lowest BCUT2D eigenvalue weighted by atomic mass is 10.0. The number of amides is 1. The van der Waals surface area contributed by atoms with Gasteiger partial charge in [0.1, 0.15) is 17.6 Å². The molecule has 0 bridgehead atoms. The number of anilines is 1. The summed E-state index contributed by atoms with van der Waals surface area (Å²) in [6.45, 7) is 7.96. The number of rotatable bonds is 2. The number of aromatic nitrogens is 2. The van der Waals surface area contributed by atoms with E-state index in [2.05, 4.69) is 15.3 Å². The van der Waals surface area contributed by atoms with Crippen LogP contribution in [-0.2, 0) is 4.74 Å². The molecule has 1 aliphatic heterocycles. The van der Waals surface area contributed by atoms with Crippen molar-refractivity contribution >= 4 is 11.9 Å². The van der Waals surface area contributed by atoms with Gasteiger partial charge in [-0.25, -0.2) is 14.2 Å². The van der Waals surface area contributed by atoms with Crippen molar-refractivity contribution in [3.63, 3.8) is 0 Å². The van der Waals surface area contributed by atoms with E-state index in [1.54, 1.807) is 38.1 Å². The van der Waals surface area contributed by atoms with Gasteiger partial charge < -0.3 is 15.0 Å². The zero-order valence-corrected chi connectivity index (χ0v) is 13.5. The summed E-state index contributed by atoms with van der Waals surface area (Å²) in [6.07, 6.45) is 1.98. The third-order valence-electron chi connectivity index (χ3n) is 3.21. The summed E-state index contributed by atoms with van der Waals surface area (Å²) in [5.74, 6) is 0.615. The minimum absolute atomic E-state index is 0.254. The number of piperidine rings is 1. The largest absolute Gasteiger partial charge is 0.444 e. The molecule has 1 fully saturated rings. The highest BCUT2D eigenvalue weighted by Crippen LogP contribution is 2.19. The lowest BCUT2D eigenvalue weighted by Crippen LogP contribution is -2.52. The number of alkyl halides is 1. The van der Waals surface area contributed by atoms with E-state index in [0.717, 1.165) is 5.69 Å². The molecule has 1 N–H and O–H groups in total. The van der Waals surface area contributed by atoms with E-state index in [1.807, 2.05) is 6.92 Å². The fraction of sp³-hybridized carbons (Fsp3) is 0.667. The van der Waals surface area contributed by atoms with E-state index in [4.69, 9.17) is 4.74 Å². The first-order chi connectivity index (χ1) is 10.2. The molecule has 1 amide bonds. The van der Waals surface area contributed by atoms with Crippen LogP contribution >= 0.6 is 0 Å². The van der Waals surface area contributed by atoms with Crippen molar-refractivity contribution in [2.75, 3.05) is 18.0 Å². The molecule has 0 spiro atoms. The molecule has 0 aromatic carbocycles. The standard InChI is InChI=1S/C15H23FN4O2/c1-10-6-18-13(7-17-10)20-8-11(16)5-12(9-20)19-14(21)22-15(2,3)4/h6-7,11-12H,5,8-9H2,1-4H3,(H,19,21)/t11-,12-/m0/s1. The van der Waals surface area contributed by atoms with Crippen molar-refractivity contribution in [1.29, 1.82) is 0 Å².